The van der Waals surface area contributed by atoms with Crippen LogP contribution in [0.25, 0.3) is 0 Å². The van der Waals surface area contributed by atoms with Crippen molar-refractivity contribution in [1.29, 1.82) is 0 Å². The molecule has 0 aliphatic carbocycles. The molecule has 1 aromatic heterocycles. The Morgan fingerprint density at radius 3 is 3.08 bits per heavy atom. The maximum Gasteiger partial charge on any atom is 0.115 e. The molecule has 1 unspecified atom stereocenters. The Hall–Kier alpha value is -1.44. The largest absolute Gasteiger partial charge is 0.271 e. The summed E-state index contributed by atoms with van der Waals surface area (Å²) in [5.41, 5.74) is 3.52. The van der Waals surface area contributed by atoms with E-state index >= 15 is 0 Å². The molecule has 0 bridgehead atoms. The number of nitrogens with two attached hydrogens (primary N) is 1. The number of hydrogen-bond acceptors (Lipinski definition) is 4. The van der Waals surface area contributed by atoms with Gasteiger partial charge in [-0.25, -0.2) is 9.97 Å². The van der Waals surface area contributed by atoms with Gasteiger partial charge in [-0.05, 0) is 13.0 Å². The summed E-state index contributed by atoms with van der Waals surface area (Å²) in [5.74, 6) is 11.1. The molecule has 1 rings (SSSR count). The summed E-state index contributed by atoms with van der Waals surface area (Å²) in [6.07, 6.45) is 3.84. The zero-order valence-corrected chi connectivity index (χ0v) is 7.49. The van der Waals surface area contributed by atoms with Gasteiger partial charge in [-0.3, -0.25) is 11.3 Å². The molecule has 4 heteroatoms. The van der Waals surface area contributed by atoms with Crippen molar-refractivity contribution in [1.82, 2.24) is 15.4 Å². The monoisotopic (exact) mass is 176 g/mol. The van der Waals surface area contributed by atoms with E-state index in [1.807, 2.05) is 6.07 Å². The van der Waals surface area contributed by atoms with Crippen LogP contribution in [-0.2, 0) is 0 Å². The smallest absolute Gasteiger partial charge is 0.115 e. The van der Waals surface area contributed by atoms with E-state index in [9.17, 15) is 0 Å². The molecule has 13 heavy (non-hydrogen) atoms. The lowest BCUT2D eigenvalue weighted by Gasteiger charge is -2.10. The summed E-state index contributed by atoms with van der Waals surface area (Å²) in [5, 5.41) is 0. The summed E-state index contributed by atoms with van der Waals surface area (Å²) in [7, 11) is 0. The first kappa shape index (κ1) is 9.65. The summed E-state index contributed by atoms with van der Waals surface area (Å²) in [6, 6.07) is 1.80. The van der Waals surface area contributed by atoms with E-state index in [-0.39, 0.29) is 6.04 Å². The van der Waals surface area contributed by atoms with E-state index in [1.54, 1.807) is 13.1 Å². The van der Waals surface area contributed by atoms with Gasteiger partial charge in [-0.15, -0.1) is 11.8 Å². The number of nitrogens with one attached hydrogen (secondary N) is 1. The minimum atomic E-state index is -0.0181. The third-order valence-electron chi connectivity index (χ3n) is 1.65. The van der Waals surface area contributed by atoms with E-state index in [4.69, 9.17) is 5.84 Å². The molecular formula is C9H12N4. The van der Waals surface area contributed by atoms with Crippen molar-refractivity contribution in [3.05, 3.63) is 24.3 Å². The molecule has 1 atom stereocenters. The van der Waals surface area contributed by atoms with Crippen molar-refractivity contribution in [2.75, 3.05) is 0 Å². The van der Waals surface area contributed by atoms with Crippen molar-refractivity contribution >= 4 is 0 Å². The normalized spacial score (nSPS) is 11.5. The van der Waals surface area contributed by atoms with E-state index < -0.39 is 0 Å². The van der Waals surface area contributed by atoms with Crippen molar-refractivity contribution < 1.29 is 0 Å². The van der Waals surface area contributed by atoms with E-state index in [0.717, 1.165) is 5.69 Å². The summed E-state index contributed by atoms with van der Waals surface area (Å²) >= 11 is 0. The highest BCUT2D eigenvalue weighted by atomic mass is 15.2. The van der Waals surface area contributed by atoms with E-state index in [2.05, 4.69) is 27.2 Å². The van der Waals surface area contributed by atoms with Gasteiger partial charge in [0.1, 0.15) is 6.33 Å². The fraction of sp³-hybridized carbons (Fsp3) is 0.333. The van der Waals surface area contributed by atoms with Crippen LogP contribution >= 0.6 is 0 Å². The van der Waals surface area contributed by atoms with E-state index in [0.29, 0.717) is 6.42 Å². The standard InChI is InChI=1S/C9H12N4/c1-2-3-4-9(13-10)8-5-6-11-7-12-8/h5-7,9,13H,4,10H2,1H3. The molecule has 0 amide bonds. The maximum atomic E-state index is 5.37. The van der Waals surface area contributed by atoms with Crippen molar-refractivity contribution in [3.8, 4) is 11.8 Å². The van der Waals surface area contributed by atoms with Crippen molar-refractivity contribution in [3.63, 3.8) is 0 Å². The number of rotatable bonds is 3. The lowest BCUT2D eigenvalue weighted by atomic mass is 10.1. The van der Waals surface area contributed by atoms with E-state index in [1.165, 1.54) is 6.33 Å². The third kappa shape index (κ3) is 2.82. The molecule has 3 N–H and O–H groups in total. The lowest BCUT2D eigenvalue weighted by Crippen LogP contribution is -2.28. The van der Waals surface area contributed by atoms with Gasteiger partial charge < -0.3 is 0 Å². The van der Waals surface area contributed by atoms with Crippen LogP contribution < -0.4 is 11.3 Å². The maximum absolute atomic E-state index is 5.37. The van der Waals surface area contributed by atoms with Gasteiger partial charge in [-0.1, -0.05) is 0 Å². The zero-order valence-electron chi connectivity index (χ0n) is 7.49. The Labute approximate surface area is 77.6 Å². The first-order valence-corrected chi connectivity index (χ1v) is 4.00. The topological polar surface area (TPSA) is 63.8 Å². The quantitative estimate of drug-likeness (QED) is 0.397. The molecule has 0 saturated heterocycles. The average molecular weight is 176 g/mol. The molecule has 1 heterocycles. The molecule has 4 nitrogen and oxygen atoms in total. The van der Waals surface area contributed by atoms with Crippen molar-refractivity contribution in [2.24, 2.45) is 5.84 Å². The zero-order chi connectivity index (χ0) is 9.52. The minimum absolute atomic E-state index is 0.0181. The SMILES string of the molecule is CC#CCC(NN)c1ccncn1. The van der Waals surface area contributed by atoms with Crippen LogP contribution in [0.5, 0.6) is 0 Å². The highest BCUT2D eigenvalue weighted by molar-refractivity contribution is 5.09. The Morgan fingerprint density at radius 1 is 1.69 bits per heavy atom. The number of hydrogen-bond donors (Lipinski definition) is 2. The molecule has 1 aromatic rings. The van der Waals surface area contributed by atoms with Gasteiger partial charge in [0.05, 0.1) is 11.7 Å². The fourth-order valence-corrected chi connectivity index (χ4v) is 0.960. The van der Waals surface area contributed by atoms with Gasteiger partial charge in [-0.2, -0.15) is 0 Å². The summed E-state index contributed by atoms with van der Waals surface area (Å²) < 4.78 is 0. The second-order valence-corrected chi connectivity index (χ2v) is 2.48. The highest BCUT2D eigenvalue weighted by Gasteiger charge is 2.07. The molecule has 0 spiro atoms. The first-order valence-electron chi connectivity index (χ1n) is 4.00. The molecule has 68 valence electrons. The number of hydrazine groups is 1. The molecule has 0 aliphatic heterocycles. The van der Waals surface area contributed by atoms with Crippen LogP contribution in [0.4, 0.5) is 0 Å². The number of aromatic nitrogens is 2. The third-order valence-corrected chi connectivity index (χ3v) is 1.65. The molecule has 0 saturated carbocycles. The minimum Gasteiger partial charge on any atom is -0.271 e. The Kier molecular flexibility index (Phi) is 3.89. The predicted octanol–water partition coefficient (Wildman–Crippen LogP) is 0.394. The van der Waals surface area contributed by atoms with Crippen LogP contribution in [0, 0.1) is 11.8 Å². The average Bonchev–Trinajstić information content (AvgIpc) is 2.21. The fourth-order valence-electron chi connectivity index (χ4n) is 0.960. The number of nitrogens with zero attached hydrogens (tertiary/aromatic N) is 2. The Balaban J connectivity index is 2.70. The van der Waals surface area contributed by atoms with Crippen LogP contribution in [0.15, 0.2) is 18.6 Å². The van der Waals surface area contributed by atoms with Crippen LogP contribution in [0.1, 0.15) is 25.1 Å². The van der Waals surface area contributed by atoms with Crippen LogP contribution in [0.2, 0.25) is 0 Å². The predicted molar refractivity (Wildman–Crippen MR) is 50.2 cm³/mol. The Bertz CT molecular complexity index is 298. The van der Waals surface area contributed by atoms with Crippen LogP contribution in [0.3, 0.4) is 0 Å². The molecule has 0 aliphatic rings. The molecular weight excluding hydrogens is 164 g/mol. The lowest BCUT2D eigenvalue weighted by molar-refractivity contribution is 0.552. The highest BCUT2D eigenvalue weighted by Crippen LogP contribution is 2.10. The second-order valence-electron chi connectivity index (χ2n) is 2.48. The van der Waals surface area contributed by atoms with Crippen molar-refractivity contribution in [2.45, 2.75) is 19.4 Å². The van der Waals surface area contributed by atoms with Gasteiger partial charge in [0.2, 0.25) is 0 Å². The summed E-state index contributed by atoms with van der Waals surface area (Å²) in [4.78, 5) is 7.91. The van der Waals surface area contributed by atoms with Crippen LogP contribution in [-0.4, -0.2) is 9.97 Å². The second kappa shape index (κ2) is 5.25. The Morgan fingerprint density at radius 2 is 2.54 bits per heavy atom. The van der Waals surface area contributed by atoms with Gasteiger partial charge in [0, 0.05) is 12.6 Å². The summed E-state index contributed by atoms with van der Waals surface area (Å²) in [6.45, 7) is 1.80. The van der Waals surface area contributed by atoms with Gasteiger partial charge in [0.25, 0.3) is 0 Å². The van der Waals surface area contributed by atoms with Gasteiger partial charge in [0.15, 0.2) is 0 Å². The van der Waals surface area contributed by atoms with Gasteiger partial charge >= 0.3 is 0 Å². The molecule has 0 aromatic carbocycles. The molecule has 0 radical (unpaired) electrons. The molecule has 0 fully saturated rings. The first-order chi connectivity index (χ1) is 6.38.